The van der Waals surface area contributed by atoms with Crippen molar-refractivity contribution in [1.82, 2.24) is 5.43 Å². The number of hydrazone groups is 1. The van der Waals surface area contributed by atoms with Gasteiger partial charge in [-0.3, -0.25) is 5.43 Å². The Bertz CT molecular complexity index is 696. The maximum absolute atomic E-state index is 5.44. The lowest BCUT2D eigenvalue weighted by molar-refractivity contribution is 0.414. The second-order valence-electron chi connectivity index (χ2n) is 4.45. The topological polar surface area (TPSA) is 59.6 Å². The number of methoxy groups -OCH3 is 1. The van der Waals surface area contributed by atoms with Crippen molar-refractivity contribution in [2.45, 2.75) is 0 Å². The number of ether oxygens (including phenoxy) is 1. The van der Waals surface area contributed by atoms with Crippen molar-refractivity contribution in [3.05, 3.63) is 71.8 Å². The van der Waals surface area contributed by atoms with Gasteiger partial charge in [-0.1, -0.05) is 48.5 Å². The standard InChI is InChI=1S/C17H17N3OS/c1-21-15-9-5-6-13(12-15)10-11-16(19-20-17(18)22)14-7-3-2-4-8-14/h2-12H,1H3,(H3,18,20,22)/b11-10+,19-16-. The van der Waals surface area contributed by atoms with Crippen LogP contribution in [0.25, 0.3) is 6.08 Å². The number of hydrogen-bond acceptors (Lipinski definition) is 3. The van der Waals surface area contributed by atoms with Crippen molar-refractivity contribution >= 4 is 29.1 Å². The highest BCUT2D eigenvalue weighted by Crippen LogP contribution is 2.14. The zero-order chi connectivity index (χ0) is 15.8. The molecule has 0 aliphatic carbocycles. The SMILES string of the molecule is COc1cccc(/C=C/C(=N/NC(N)=S)c2ccccc2)c1. The van der Waals surface area contributed by atoms with E-state index in [1.807, 2.05) is 66.7 Å². The third-order valence-corrected chi connectivity index (χ3v) is 2.97. The summed E-state index contributed by atoms with van der Waals surface area (Å²) < 4.78 is 5.22. The summed E-state index contributed by atoms with van der Waals surface area (Å²) in [6.07, 6.45) is 3.85. The Morgan fingerprint density at radius 1 is 1.18 bits per heavy atom. The summed E-state index contributed by atoms with van der Waals surface area (Å²) in [6.45, 7) is 0. The molecule has 0 spiro atoms. The molecule has 0 amide bonds. The smallest absolute Gasteiger partial charge is 0.184 e. The van der Waals surface area contributed by atoms with Crippen molar-refractivity contribution in [1.29, 1.82) is 0 Å². The Hall–Kier alpha value is -2.66. The van der Waals surface area contributed by atoms with Gasteiger partial charge in [-0.25, -0.2) is 0 Å². The van der Waals surface area contributed by atoms with Gasteiger partial charge < -0.3 is 10.5 Å². The molecule has 0 saturated heterocycles. The van der Waals surface area contributed by atoms with E-state index in [1.165, 1.54) is 0 Å². The summed E-state index contributed by atoms with van der Waals surface area (Å²) >= 11 is 4.79. The van der Waals surface area contributed by atoms with Gasteiger partial charge >= 0.3 is 0 Å². The van der Waals surface area contributed by atoms with Gasteiger partial charge in [0.05, 0.1) is 12.8 Å². The molecule has 0 aliphatic rings. The highest BCUT2D eigenvalue weighted by molar-refractivity contribution is 7.80. The molecule has 0 unspecified atom stereocenters. The fourth-order valence-electron chi connectivity index (χ4n) is 1.84. The average molecular weight is 311 g/mol. The van der Waals surface area contributed by atoms with Crippen LogP contribution in [-0.4, -0.2) is 17.9 Å². The minimum absolute atomic E-state index is 0.128. The first-order chi connectivity index (χ1) is 10.7. The first-order valence-corrected chi connectivity index (χ1v) is 7.10. The molecular formula is C17H17N3OS. The van der Waals surface area contributed by atoms with E-state index in [9.17, 15) is 0 Å². The van der Waals surface area contributed by atoms with E-state index in [-0.39, 0.29) is 5.11 Å². The highest BCUT2D eigenvalue weighted by atomic mass is 32.1. The number of benzene rings is 2. The van der Waals surface area contributed by atoms with Gasteiger partial charge in [0.25, 0.3) is 0 Å². The molecular weight excluding hydrogens is 294 g/mol. The molecule has 0 radical (unpaired) electrons. The summed E-state index contributed by atoms with van der Waals surface area (Å²) in [5, 5.41) is 4.36. The number of nitrogens with zero attached hydrogens (tertiary/aromatic N) is 1. The Balaban J connectivity index is 2.27. The molecule has 2 aromatic carbocycles. The first-order valence-electron chi connectivity index (χ1n) is 6.70. The number of nitrogens with one attached hydrogen (secondary N) is 1. The number of nitrogens with two attached hydrogens (primary N) is 1. The van der Waals surface area contributed by atoms with Gasteiger partial charge in [-0.15, -0.1) is 0 Å². The zero-order valence-electron chi connectivity index (χ0n) is 12.2. The molecule has 22 heavy (non-hydrogen) atoms. The third kappa shape index (κ3) is 4.71. The van der Waals surface area contributed by atoms with Crippen LogP contribution in [0.5, 0.6) is 5.75 Å². The van der Waals surface area contributed by atoms with Crippen molar-refractivity contribution in [3.8, 4) is 5.75 Å². The normalized spacial score (nSPS) is 11.4. The first kappa shape index (κ1) is 15.7. The summed E-state index contributed by atoms with van der Waals surface area (Å²) in [5.41, 5.74) is 10.8. The van der Waals surface area contributed by atoms with Crippen molar-refractivity contribution in [2.75, 3.05) is 7.11 Å². The molecule has 0 heterocycles. The Labute approximate surface area is 135 Å². The summed E-state index contributed by atoms with van der Waals surface area (Å²) in [5.74, 6) is 0.807. The van der Waals surface area contributed by atoms with Gasteiger partial charge in [0.15, 0.2) is 5.11 Å². The van der Waals surface area contributed by atoms with Crippen LogP contribution in [0.1, 0.15) is 11.1 Å². The number of allylic oxidation sites excluding steroid dienone is 1. The molecule has 0 atom stereocenters. The minimum Gasteiger partial charge on any atom is -0.497 e. The molecule has 3 N–H and O–H groups in total. The Morgan fingerprint density at radius 2 is 1.95 bits per heavy atom. The van der Waals surface area contributed by atoms with Crippen molar-refractivity contribution < 1.29 is 4.74 Å². The second-order valence-corrected chi connectivity index (χ2v) is 4.89. The lowest BCUT2D eigenvalue weighted by atomic mass is 10.1. The lowest BCUT2D eigenvalue weighted by Crippen LogP contribution is -2.25. The van der Waals surface area contributed by atoms with Gasteiger partial charge in [-0.05, 0) is 36.0 Å². The molecule has 5 heteroatoms. The van der Waals surface area contributed by atoms with Crippen LogP contribution in [0.15, 0.2) is 65.8 Å². The van der Waals surface area contributed by atoms with Gasteiger partial charge in [-0.2, -0.15) is 5.10 Å². The van der Waals surface area contributed by atoms with E-state index >= 15 is 0 Å². The number of thiocarbonyl (C=S) groups is 1. The van der Waals surface area contributed by atoms with E-state index in [0.717, 1.165) is 22.6 Å². The fraction of sp³-hybridized carbons (Fsp3) is 0.0588. The lowest BCUT2D eigenvalue weighted by Gasteiger charge is -2.04. The van der Waals surface area contributed by atoms with Crippen molar-refractivity contribution in [2.24, 2.45) is 10.8 Å². The highest BCUT2D eigenvalue weighted by Gasteiger charge is 2.00. The van der Waals surface area contributed by atoms with Crippen LogP contribution < -0.4 is 15.9 Å². The van der Waals surface area contributed by atoms with E-state index in [1.54, 1.807) is 7.11 Å². The monoisotopic (exact) mass is 311 g/mol. The molecule has 0 aliphatic heterocycles. The van der Waals surface area contributed by atoms with E-state index in [2.05, 4.69) is 10.5 Å². The van der Waals surface area contributed by atoms with Gasteiger partial charge in [0.2, 0.25) is 0 Å². The maximum atomic E-state index is 5.44. The summed E-state index contributed by atoms with van der Waals surface area (Å²) in [6, 6.07) is 17.6. The van der Waals surface area contributed by atoms with E-state index < -0.39 is 0 Å². The fourth-order valence-corrected chi connectivity index (χ4v) is 1.89. The number of rotatable bonds is 5. The molecule has 4 nitrogen and oxygen atoms in total. The molecule has 112 valence electrons. The Kier molecular flexibility index (Phi) is 5.68. The van der Waals surface area contributed by atoms with Crippen molar-refractivity contribution in [3.63, 3.8) is 0 Å². The van der Waals surface area contributed by atoms with Crippen LogP contribution in [-0.2, 0) is 0 Å². The molecule has 0 saturated carbocycles. The van der Waals surface area contributed by atoms with Crippen LogP contribution >= 0.6 is 12.2 Å². The maximum Gasteiger partial charge on any atom is 0.184 e. The van der Waals surface area contributed by atoms with Crippen LogP contribution in [0, 0.1) is 0 Å². The minimum atomic E-state index is 0.128. The predicted molar refractivity (Wildman–Crippen MR) is 94.9 cm³/mol. The molecule has 0 fully saturated rings. The average Bonchev–Trinajstić information content (AvgIpc) is 2.55. The van der Waals surface area contributed by atoms with E-state index in [0.29, 0.717) is 0 Å². The van der Waals surface area contributed by atoms with Crippen LogP contribution in [0.4, 0.5) is 0 Å². The largest absolute Gasteiger partial charge is 0.497 e. The Morgan fingerprint density at radius 3 is 2.64 bits per heavy atom. The quantitative estimate of drug-likeness (QED) is 0.506. The third-order valence-electron chi connectivity index (χ3n) is 2.88. The molecule has 2 rings (SSSR count). The summed E-state index contributed by atoms with van der Waals surface area (Å²) in [4.78, 5) is 0. The zero-order valence-corrected chi connectivity index (χ0v) is 13.0. The van der Waals surface area contributed by atoms with E-state index in [4.69, 9.17) is 22.7 Å². The van der Waals surface area contributed by atoms with Gasteiger partial charge in [0.1, 0.15) is 5.75 Å². The second kappa shape index (κ2) is 7.95. The van der Waals surface area contributed by atoms with Gasteiger partial charge in [0, 0.05) is 5.56 Å². The van der Waals surface area contributed by atoms with Crippen LogP contribution in [0.3, 0.4) is 0 Å². The molecule has 2 aromatic rings. The summed E-state index contributed by atoms with van der Waals surface area (Å²) in [7, 11) is 1.64. The predicted octanol–water partition coefficient (Wildman–Crippen LogP) is 2.95. The number of hydrogen-bond donors (Lipinski definition) is 2. The molecule has 0 bridgehead atoms. The van der Waals surface area contributed by atoms with Crippen LogP contribution in [0.2, 0.25) is 0 Å². The molecule has 0 aromatic heterocycles.